The number of thiophene rings is 1. The van der Waals surface area contributed by atoms with Crippen molar-refractivity contribution in [3.05, 3.63) is 64.9 Å². The van der Waals surface area contributed by atoms with Gasteiger partial charge in [-0.05, 0) is 27.8 Å². The van der Waals surface area contributed by atoms with Crippen LogP contribution in [0.1, 0.15) is 12.0 Å². The van der Waals surface area contributed by atoms with Crippen molar-refractivity contribution in [2.45, 2.75) is 23.9 Å². The Hall–Kier alpha value is -2.22. The number of hydrogen-bond donors (Lipinski definition) is 1. The molecule has 1 N–H and O–H groups in total. The zero-order chi connectivity index (χ0) is 18.1. The molecule has 2 heterocycles. The molecule has 0 saturated carbocycles. The van der Waals surface area contributed by atoms with Crippen molar-refractivity contribution in [2.75, 3.05) is 6.54 Å². The summed E-state index contributed by atoms with van der Waals surface area (Å²) in [6, 6.07) is 15.3. The molecule has 5 nitrogen and oxygen atoms in total. The van der Waals surface area contributed by atoms with Crippen LogP contribution >= 0.6 is 11.3 Å². The summed E-state index contributed by atoms with van der Waals surface area (Å²) >= 11 is 1.33. The normalized spacial score (nSPS) is 17.9. The molecular weight excluding hydrogens is 368 g/mol. The van der Waals surface area contributed by atoms with Crippen molar-refractivity contribution in [1.29, 1.82) is 0 Å². The topological polar surface area (TPSA) is 66.5 Å². The number of benzene rings is 2. The van der Waals surface area contributed by atoms with E-state index < -0.39 is 16.1 Å². The molecule has 0 bridgehead atoms. The molecule has 1 aliphatic rings. The predicted octanol–water partition coefficient (Wildman–Crippen LogP) is 2.98. The molecule has 0 spiro atoms. The fraction of sp³-hybridized carbons (Fsp3) is 0.211. The average molecular weight is 386 g/mol. The van der Waals surface area contributed by atoms with Crippen molar-refractivity contribution >= 4 is 38.0 Å². The third-order valence-electron chi connectivity index (χ3n) is 4.58. The van der Waals surface area contributed by atoms with Crippen molar-refractivity contribution in [3.63, 3.8) is 0 Å². The summed E-state index contributed by atoms with van der Waals surface area (Å²) in [5, 5.41) is 5.56. The number of nitrogens with one attached hydrogen (secondary N) is 1. The number of hydrogen-bond acceptors (Lipinski definition) is 4. The zero-order valence-electron chi connectivity index (χ0n) is 14.0. The van der Waals surface area contributed by atoms with E-state index >= 15 is 0 Å². The summed E-state index contributed by atoms with van der Waals surface area (Å²) in [6.07, 6.45) is 0.189. The maximum atomic E-state index is 12.4. The van der Waals surface area contributed by atoms with Crippen LogP contribution in [0.5, 0.6) is 0 Å². The Bertz CT molecular complexity index is 1040. The summed E-state index contributed by atoms with van der Waals surface area (Å²) in [5.41, 5.74) is 1.07. The first-order valence-electron chi connectivity index (χ1n) is 8.32. The van der Waals surface area contributed by atoms with E-state index in [9.17, 15) is 13.2 Å². The van der Waals surface area contributed by atoms with Crippen molar-refractivity contribution in [3.8, 4) is 0 Å². The van der Waals surface area contributed by atoms with Crippen LogP contribution in [0.25, 0.3) is 10.8 Å². The van der Waals surface area contributed by atoms with E-state index in [1.807, 2.05) is 42.5 Å². The van der Waals surface area contributed by atoms with Crippen LogP contribution in [0.2, 0.25) is 0 Å². The van der Waals surface area contributed by atoms with E-state index in [1.165, 1.54) is 11.3 Å². The summed E-state index contributed by atoms with van der Waals surface area (Å²) < 4.78 is 27.4. The number of fused-ring (bicyclic) bond motifs is 1. The molecule has 1 saturated heterocycles. The van der Waals surface area contributed by atoms with E-state index in [1.54, 1.807) is 21.7 Å². The molecule has 2 aromatic carbocycles. The lowest BCUT2D eigenvalue weighted by Crippen LogP contribution is -2.36. The second-order valence-electron chi connectivity index (χ2n) is 6.39. The van der Waals surface area contributed by atoms with Crippen molar-refractivity contribution in [1.82, 2.24) is 9.62 Å². The standard InChI is InChI=1S/C19H18N2O3S2/c22-19-10-16(20-26(23,24)17-8-9-25-13-17)12-21(19)11-15-6-3-5-14-4-1-2-7-18(14)15/h1-9,13,16,20H,10-12H2. The monoisotopic (exact) mass is 386 g/mol. The summed E-state index contributed by atoms with van der Waals surface area (Å²) in [7, 11) is -3.57. The van der Waals surface area contributed by atoms with Gasteiger partial charge < -0.3 is 4.90 Å². The molecule has 1 atom stereocenters. The first kappa shape index (κ1) is 17.2. The van der Waals surface area contributed by atoms with Gasteiger partial charge in [0.25, 0.3) is 0 Å². The van der Waals surface area contributed by atoms with Gasteiger partial charge in [0, 0.05) is 30.9 Å². The van der Waals surface area contributed by atoms with Crippen molar-refractivity contribution in [2.24, 2.45) is 0 Å². The highest BCUT2D eigenvalue weighted by molar-refractivity contribution is 7.89. The highest BCUT2D eigenvalue weighted by Crippen LogP contribution is 2.23. The third kappa shape index (κ3) is 3.38. The van der Waals surface area contributed by atoms with Crippen molar-refractivity contribution < 1.29 is 13.2 Å². The van der Waals surface area contributed by atoms with Crippen LogP contribution in [0.4, 0.5) is 0 Å². The number of carbonyl (C=O) groups excluding carboxylic acids is 1. The lowest BCUT2D eigenvalue weighted by molar-refractivity contribution is -0.128. The van der Waals surface area contributed by atoms with Gasteiger partial charge >= 0.3 is 0 Å². The van der Waals surface area contributed by atoms with E-state index in [0.717, 1.165) is 16.3 Å². The quantitative estimate of drug-likeness (QED) is 0.733. The van der Waals surface area contributed by atoms with Gasteiger partial charge in [0.2, 0.25) is 15.9 Å². The molecule has 3 aromatic rings. The first-order chi connectivity index (χ1) is 12.5. The molecule has 0 radical (unpaired) electrons. The van der Waals surface area contributed by atoms with Gasteiger partial charge in [-0.1, -0.05) is 42.5 Å². The molecular formula is C19H18N2O3S2. The molecule has 26 heavy (non-hydrogen) atoms. The van der Waals surface area contributed by atoms with Crippen LogP contribution in [0.15, 0.2) is 64.2 Å². The van der Waals surface area contributed by atoms with Gasteiger partial charge in [-0.25, -0.2) is 13.1 Å². The third-order valence-corrected chi connectivity index (χ3v) is 6.93. The largest absolute Gasteiger partial charge is 0.337 e. The van der Waals surface area contributed by atoms with Gasteiger partial charge in [-0.15, -0.1) is 0 Å². The van der Waals surface area contributed by atoms with E-state index in [-0.39, 0.29) is 17.2 Å². The van der Waals surface area contributed by atoms with Crippen LogP contribution in [-0.4, -0.2) is 31.8 Å². The van der Waals surface area contributed by atoms with Crippen LogP contribution in [0, 0.1) is 0 Å². The summed E-state index contributed by atoms with van der Waals surface area (Å²) in [4.78, 5) is 14.4. The maximum absolute atomic E-state index is 12.4. The number of nitrogens with zero attached hydrogens (tertiary/aromatic N) is 1. The molecule has 1 fully saturated rings. The number of likely N-dealkylation sites (tertiary alicyclic amines) is 1. The van der Waals surface area contributed by atoms with Gasteiger partial charge in [0.15, 0.2) is 0 Å². The van der Waals surface area contributed by atoms with E-state index in [4.69, 9.17) is 0 Å². The maximum Gasteiger partial charge on any atom is 0.241 e. The summed E-state index contributed by atoms with van der Waals surface area (Å²) in [5.74, 6) is -0.0315. The molecule has 1 aliphatic heterocycles. The molecule has 4 rings (SSSR count). The number of amides is 1. The Morgan fingerprint density at radius 3 is 2.73 bits per heavy atom. The fourth-order valence-corrected chi connectivity index (χ4v) is 5.59. The number of carbonyl (C=O) groups is 1. The minimum Gasteiger partial charge on any atom is -0.337 e. The lowest BCUT2D eigenvalue weighted by Gasteiger charge is -2.18. The Balaban J connectivity index is 1.50. The van der Waals surface area contributed by atoms with Crippen LogP contribution in [-0.2, 0) is 21.4 Å². The van der Waals surface area contributed by atoms with E-state index in [0.29, 0.717) is 13.1 Å². The van der Waals surface area contributed by atoms with Gasteiger partial charge in [-0.2, -0.15) is 11.3 Å². The Morgan fingerprint density at radius 2 is 1.92 bits per heavy atom. The van der Waals surface area contributed by atoms with Crippen LogP contribution < -0.4 is 4.72 Å². The minimum absolute atomic E-state index is 0.0315. The molecule has 1 amide bonds. The van der Waals surface area contributed by atoms with Gasteiger partial charge in [-0.3, -0.25) is 4.79 Å². The predicted molar refractivity (Wildman–Crippen MR) is 102 cm³/mol. The van der Waals surface area contributed by atoms with E-state index in [2.05, 4.69) is 4.72 Å². The second kappa shape index (κ2) is 6.83. The van der Waals surface area contributed by atoms with Gasteiger partial charge in [0.1, 0.15) is 0 Å². The number of rotatable bonds is 5. The average Bonchev–Trinajstić information content (AvgIpc) is 3.26. The Labute approximate surface area is 156 Å². The SMILES string of the molecule is O=C1CC(NS(=O)(=O)c2ccsc2)CN1Cc1cccc2ccccc12. The zero-order valence-corrected chi connectivity index (χ0v) is 15.6. The Morgan fingerprint density at radius 1 is 1.12 bits per heavy atom. The number of sulfonamides is 1. The first-order valence-corrected chi connectivity index (χ1v) is 10.7. The molecule has 0 aliphatic carbocycles. The molecule has 1 aromatic heterocycles. The highest BCUT2D eigenvalue weighted by Gasteiger charge is 2.33. The Kier molecular flexibility index (Phi) is 4.52. The highest BCUT2D eigenvalue weighted by atomic mass is 32.2. The molecule has 134 valence electrons. The smallest absolute Gasteiger partial charge is 0.241 e. The van der Waals surface area contributed by atoms with Crippen LogP contribution in [0.3, 0.4) is 0 Å². The minimum atomic E-state index is -3.57. The summed E-state index contributed by atoms with van der Waals surface area (Å²) in [6.45, 7) is 0.863. The van der Waals surface area contributed by atoms with Gasteiger partial charge in [0.05, 0.1) is 4.90 Å². The fourth-order valence-electron chi connectivity index (χ4n) is 3.33. The second-order valence-corrected chi connectivity index (χ2v) is 8.89. The lowest BCUT2D eigenvalue weighted by atomic mass is 10.0. The molecule has 7 heteroatoms. The molecule has 1 unspecified atom stereocenters.